The molecule has 5 heteroatoms. The number of nitrogens with zero attached hydrogens (tertiary/aromatic N) is 3. The average Bonchev–Trinajstić information content (AvgIpc) is 3.31. The molecular formula is C20H20FN3O. The van der Waals surface area contributed by atoms with Crippen molar-refractivity contribution in [2.75, 3.05) is 6.61 Å². The fourth-order valence-electron chi connectivity index (χ4n) is 3.17. The molecule has 0 N–H and O–H groups in total. The zero-order chi connectivity index (χ0) is 17.1. The molecule has 2 heterocycles. The van der Waals surface area contributed by atoms with Crippen LogP contribution in [0.1, 0.15) is 36.2 Å². The first kappa shape index (κ1) is 16.0. The Labute approximate surface area is 146 Å². The third-order valence-electron chi connectivity index (χ3n) is 4.45. The van der Waals surface area contributed by atoms with Crippen LogP contribution in [0.25, 0.3) is 5.69 Å². The summed E-state index contributed by atoms with van der Waals surface area (Å²) in [6.45, 7) is 0.716. The summed E-state index contributed by atoms with van der Waals surface area (Å²) >= 11 is 0. The Balaban J connectivity index is 1.65. The molecule has 0 saturated carbocycles. The number of para-hydroxylation sites is 1. The largest absolute Gasteiger partial charge is 0.370 e. The first-order valence-electron chi connectivity index (χ1n) is 8.67. The second kappa shape index (κ2) is 7.15. The number of halogens is 1. The highest BCUT2D eigenvalue weighted by atomic mass is 19.1. The summed E-state index contributed by atoms with van der Waals surface area (Å²) in [5.74, 6) is 1.12. The van der Waals surface area contributed by atoms with Crippen molar-refractivity contribution in [3.63, 3.8) is 0 Å². The highest BCUT2D eigenvalue weighted by Gasteiger charge is 2.26. The van der Waals surface area contributed by atoms with Crippen molar-refractivity contribution in [3.05, 3.63) is 77.6 Å². The molecule has 0 spiro atoms. The van der Waals surface area contributed by atoms with Gasteiger partial charge in [-0.1, -0.05) is 42.5 Å². The van der Waals surface area contributed by atoms with E-state index in [1.165, 1.54) is 11.6 Å². The summed E-state index contributed by atoms with van der Waals surface area (Å²) in [4.78, 5) is 4.68. The van der Waals surface area contributed by atoms with Gasteiger partial charge in [-0.2, -0.15) is 5.10 Å². The van der Waals surface area contributed by atoms with Crippen molar-refractivity contribution >= 4 is 0 Å². The van der Waals surface area contributed by atoms with Crippen LogP contribution >= 0.6 is 0 Å². The summed E-state index contributed by atoms with van der Waals surface area (Å²) in [6, 6.07) is 16.9. The molecule has 0 bridgehead atoms. The van der Waals surface area contributed by atoms with Crippen molar-refractivity contribution in [1.29, 1.82) is 0 Å². The molecule has 1 aromatic heterocycles. The third-order valence-corrected chi connectivity index (χ3v) is 4.45. The summed E-state index contributed by atoms with van der Waals surface area (Å²) in [7, 11) is 0. The van der Waals surface area contributed by atoms with Crippen LogP contribution in [0.5, 0.6) is 0 Å². The molecule has 1 aliphatic heterocycles. The van der Waals surface area contributed by atoms with Gasteiger partial charge in [0.15, 0.2) is 11.6 Å². The number of hydrogen-bond acceptors (Lipinski definition) is 3. The molecule has 4 nitrogen and oxygen atoms in total. The lowest BCUT2D eigenvalue weighted by atomic mass is 10.1. The van der Waals surface area contributed by atoms with E-state index in [0.717, 1.165) is 25.1 Å². The van der Waals surface area contributed by atoms with Crippen molar-refractivity contribution in [2.45, 2.75) is 31.8 Å². The first-order chi connectivity index (χ1) is 12.3. The van der Waals surface area contributed by atoms with Crippen LogP contribution in [0.3, 0.4) is 0 Å². The molecule has 1 atom stereocenters. The Hall–Kier alpha value is -2.53. The van der Waals surface area contributed by atoms with E-state index in [4.69, 9.17) is 4.74 Å². The van der Waals surface area contributed by atoms with Crippen molar-refractivity contribution in [3.8, 4) is 5.69 Å². The van der Waals surface area contributed by atoms with Crippen molar-refractivity contribution < 1.29 is 9.13 Å². The van der Waals surface area contributed by atoms with Crippen LogP contribution in [0.15, 0.2) is 54.6 Å². The van der Waals surface area contributed by atoms with Crippen LogP contribution in [0.4, 0.5) is 4.39 Å². The molecule has 1 saturated heterocycles. The zero-order valence-electron chi connectivity index (χ0n) is 13.9. The molecule has 1 aliphatic rings. The van der Waals surface area contributed by atoms with E-state index < -0.39 is 0 Å². The van der Waals surface area contributed by atoms with Gasteiger partial charge >= 0.3 is 0 Å². The molecule has 0 aliphatic carbocycles. The standard InChI is InChI=1S/C20H20FN3O/c21-16-9-4-5-10-17(16)24-20(18-11-6-14-25-18)22-19(23-24)13-12-15-7-2-1-3-8-15/h1-5,7-10,18H,6,11-14H2. The molecule has 25 heavy (non-hydrogen) atoms. The van der Waals surface area contributed by atoms with Gasteiger partial charge in [-0.05, 0) is 37.0 Å². The van der Waals surface area contributed by atoms with Gasteiger partial charge in [0.2, 0.25) is 0 Å². The molecule has 0 amide bonds. The second-order valence-electron chi connectivity index (χ2n) is 6.24. The maximum Gasteiger partial charge on any atom is 0.161 e. The number of benzene rings is 2. The van der Waals surface area contributed by atoms with Gasteiger partial charge in [-0.15, -0.1) is 0 Å². The summed E-state index contributed by atoms with van der Waals surface area (Å²) in [6.07, 6.45) is 3.34. The minimum Gasteiger partial charge on any atom is -0.370 e. The SMILES string of the molecule is Fc1ccccc1-n1nc(CCc2ccccc2)nc1C1CCCO1. The topological polar surface area (TPSA) is 39.9 Å². The van der Waals surface area contributed by atoms with Crippen LogP contribution in [-0.2, 0) is 17.6 Å². The molecule has 4 rings (SSSR count). The molecule has 0 radical (unpaired) electrons. The smallest absolute Gasteiger partial charge is 0.161 e. The van der Waals surface area contributed by atoms with E-state index in [1.807, 2.05) is 24.3 Å². The lowest BCUT2D eigenvalue weighted by molar-refractivity contribution is 0.103. The summed E-state index contributed by atoms with van der Waals surface area (Å²) < 4.78 is 21.7. The van der Waals surface area contributed by atoms with Gasteiger partial charge in [0.05, 0.1) is 0 Å². The van der Waals surface area contributed by atoms with Crippen LogP contribution in [-0.4, -0.2) is 21.4 Å². The van der Waals surface area contributed by atoms with Crippen LogP contribution in [0, 0.1) is 5.82 Å². The van der Waals surface area contributed by atoms with E-state index >= 15 is 0 Å². The Morgan fingerprint density at radius 1 is 1.04 bits per heavy atom. The van der Waals surface area contributed by atoms with E-state index in [-0.39, 0.29) is 11.9 Å². The third kappa shape index (κ3) is 3.46. The number of aryl methyl sites for hydroxylation is 2. The predicted molar refractivity (Wildman–Crippen MR) is 93.1 cm³/mol. The maximum atomic E-state index is 14.3. The quantitative estimate of drug-likeness (QED) is 0.705. The van der Waals surface area contributed by atoms with Crippen LogP contribution in [0.2, 0.25) is 0 Å². The van der Waals surface area contributed by atoms with Gasteiger partial charge in [0, 0.05) is 13.0 Å². The number of hydrogen-bond donors (Lipinski definition) is 0. The Morgan fingerprint density at radius 2 is 1.84 bits per heavy atom. The van der Waals surface area contributed by atoms with E-state index in [2.05, 4.69) is 22.2 Å². The van der Waals surface area contributed by atoms with Gasteiger partial charge in [0.25, 0.3) is 0 Å². The molecule has 1 fully saturated rings. The number of ether oxygens (including phenoxy) is 1. The first-order valence-corrected chi connectivity index (χ1v) is 8.67. The lowest BCUT2D eigenvalue weighted by Crippen LogP contribution is -2.09. The highest BCUT2D eigenvalue weighted by Crippen LogP contribution is 2.29. The molecule has 2 aromatic carbocycles. The van der Waals surface area contributed by atoms with E-state index in [9.17, 15) is 4.39 Å². The minimum absolute atomic E-state index is 0.113. The lowest BCUT2D eigenvalue weighted by Gasteiger charge is -2.11. The number of rotatable bonds is 5. The molecule has 1 unspecified atom stereocenters. The van der Waals surface area contributed by atoms with Gasteiger partial charge < -0.3 is 4.74 Å². The Bertz CT molecular complexity index is 841. The fraction of sp³-hybridized carbons (Fsp3) is 0.300. The van der Waals surface area contributed by atoms with Crippen molar-refractivity contribution in [2.24, 2.45) is 0 Å². The summed E-state index contributed by atoms with van der Waals surface area (Å²) in [5.41, 5.74) is 1.66. The van der Waals surface area contributed by atoms with Gasteiger partial charge in [-0.25, -0.2) is 14.1 Å². The van der Waals surface area contributed by atoms with E-state index in [0.29, 0.717) is 24.5 Å². The Morgan fingerprint density at radius 3 is 2.60 bits per heavy atom. The monoisotopic (exact) mass is 337 g/mol. The van der Waals surface area contributed by atoms with E-state index in [1.54, 1.807) is 16.8 Å². The number of aromatic nitrogens is 3. The minimum atomic E-state index is -0.304. The summed E-state index contributed by atoms with van der Waals surface area (Å²) in [5, 5.41) is 4.59. The Kier molecular flexibility index (Phi) is 4.57. The van der Waals surface area contributed by atoms with Crippen molar-refractivity contribution in [1.82, 2.24) is 14.8 Å². The molecular weight excluding hydrogens is 317 g/mol. The average molecular weight is 337 g/mol. The molecule has 128 valence electrons. The maximum absolute atomic E-state index is 14.3. The second-order valence-corrected chi connectivity index (χ2v) is 6.24. The zero-order valence-corrected chi connectivity index (χ0v) is 13.9. The normalized spacial score (nSPS) is 17.1. The van der Waals surface area contributed by atoms with Gasteiger partial charge in [-0.3, -0.25) is 0 Å². The highest BCUT2D eigenvalue weighted by molar-refractivity contribution is 5.34. The molecule has 3 aromatic rings. The van der Waals surface area contributed by atoms with Crippen LogP contribution < -0.4 is 0 Å². The van der Waals surface area contributed by atoms with Gasteiger partial charge in [0.1, 0.15) is 17.6 Å². The predicted octanol–water partition coefficient (Wildman–Crippen LogP) is 4.04. The fourth-order valence-corrected chi connectivity index (χ4v) is 3.17.